The summed E-state index contributed by atoms with van der Waals surface area (Å²) in [5.74, 6) is -0.00361. The maximum atomic E-state index is 12.5. The topological polar surface area (TPSA) is 93.5 Å². The van der Waals surface area contributed by atoms with Gasteiger partial charge < -0.3 is 5.32 Å². The number of rotatable bonds is 8. The number of carbonyl (C=O) groups is 1. The van der Waals surface area contributed by atoms with Crippen molar-refractivity contribution in [3.05, 3.63) is 28.8 Å². The van der Waals surface area contributed by atoms with Gasteiger partial charge in [-0.2, -0.15) is 9.57 Å². The zero-order valence-corrected chi connectivity index (χ0v) is 17.9. The number of piperazine rings is 1. The normalized spacial score (nSPS) is 17.1. The Kier molecular flexibility index (Phi) is 8.25. The van der Waals surface area contributed by atoms with E-state index in [0.717, 1.165) is 12.8 Å². The van der Waals surface area contributed by atoms with Crippen LogP contribution in [0.1, 0.15) is 38.7 Å². The molecule has 1 saturated heterocycles. The molecule has 1 aromatic rings. The summed E-state index contributed by atoms with van der Waals surface area (Å²) in [7, 11) is -3.22. The number of amides is 1. The summed E-state index contributed by atoms with van der Waals surface area (Å²) >= 11 is 6.00. The van der Waals surface area contributed by atoms with Gasteiger partial charge >= 0.3 is 0 Å². The van der Waals surface area contributed by atoms with Crippen molar-refractivity contribution in [3.8, 4) is 6.07 Å². The van der Waals surface area contributed by atoms with Crippen molar-refractivity contribution >= 4 is 33.2 Å². The fourth-order valence-electron chi connectivity index (χ4n) is 3.13. The first-order valence-corrected chi connectivity index (χ1v) is 11.5. The highest BCUT2D eigenvalue weighted by molar-refractivity contribution is 7.89. The van der Waals surface area contributed by atoms with E-state index in [1.807, 2.05) is 17.9 Å². The third kappa shape index (κ3) is 5.92. The molecule has 0 spiro atoms. The van der Waals surface area contributed by atoms with Gasteiger partial charge in [-0.15, -0.1) is 0 Å². The van der Waals surface area contributed by atoms with Gasteiger partial charge in [0.2, 0.25) is 15.9 Å². The summed E-state index contributed by atoms with van der Waals surface area (Å²) in [5.41, 5.74) is 0.877. The zero-order chi connectivity index (χ0) is 20.7. The quantitative estimate of drug-likeness (QED) is 0.645. The highest BCUT2D eigenvalue weighted by Gasteiger charge is 2.30. The molecule has 1 unspecified atom stereocenters. The van der Waals surface area contributed by atoms with Gasteiger partial charge in [-0.1, -0.05) is 31.4 Å². The fraction of sp³-hybridized carbons (Fsp3) is 0.579. The van der Waals surface area contributed by atoms with Gasteiger partial charge in [0.1, 0.15) is 6.07 Å². The Balaban J connectivity index is 1.89. The van der Waals surface area contributed by atoms with Gasteiger partial charge in [-0.05, 0) is 31.5 Å². The van der Waals surface area contributed by atoms with Gasteiger partial charge in [-0.25, -0.2) is 8.42 Å². The number of hydrogen-bond acceptors (Lipinski definition) is 5. The minimum Gasteiger partial charge on any atom is -0.325 e. The molecule has 7 nitrogen and oxygen atoms in total. The van der Waals surface area contributed by atoms with E-state index in [2.05, 4.69) is 5.32 Å². The highest BCUT2D eigenvalue weighted by Crippen LogP contribution is 2.21. The predicted molar refractivity (Wildman–Crippen MR) is 111 cm³/mol. The van der Waals surface area contributed by atoms with Gasteiger partial charge in [0.25, 0.3) is 0 Å². The third-order valence-electron chi connectivity index (χ3n) is 4.96. The van der Waals surface area contributed by atoms with E-state index >= 15 is 0 Å². The molecule has 1 heterocycles. The standard InChI is InChI=1S/C19H27ClN4O3S/c1-3-4-5-12-28(26,27)24-10-8-23(9-11-24)15(2)19(25)22-17-7-6-16(14-21)18(20)13-17/h6-7,13,15H,3-5,8-12H2,1-2H3,(H,22,25). The largest absolute Gasteiger partial charge is 0.325 e. The van der Waals surface area contributed by atoms with E-state index in [4.69, 9.17) is 16.9 Å². The molecule has 1 aliphatic heterocycles. The van der Waals surface area contributed by atoms with Crippen LogP contribution in [0.15, 0.2) is 18.2 Å². The molecule has 0 aromatic heterocycles. The number of nitriles is 1. The molecule has 0 saturated carbocycles. The maximum Gasteiger partial charge on any atom is 0.241 e. The van der Waals surface area contributed by atoms with Gasteiger partial charge in [-0.3, -0.25) is 9.69 Å². The van der Waals surface area contributed by atoms with Crippen molar-refractivity contribution in [2.75, 3.05) is 37.2 Å². The summed E-state index contributed by atoms with van der Waals surface area (Å²) in [6, 6.07) is 6.31. The molecular weight excluding hydrogens is 400 g/mol. The number of halogens is 1. The number of nitrogens with one attached hydrogen (secondary N) is 1. The van der Waals surface area contributed by atoms with Crippen LogP contribution in [-0.2, 0) is 14.8 Å². The molecule has 1 aliphatic rings. The van der Waals surface area contributed by atoms with Gasteiger partial charge in [0.05, 0.1) is 22.4 Å². The molecule has 28 heavy (non-hydrogen) atoms. The third-order valence-corrected chi connectivity index (χ3v) is 7.23. The first-order chi connectivity index (χ1) is 13.3. The Bertz CT molecular complexity index is 830. The summed E-state index contributed by atoms with van der Waals surface area (Å²) in [5, 5.41) is 12.0. The van der Waals surface area contributed by atoms with Gasteiger partial charge in [0.15, 0.2) is 0 Å². The Hall–Kier alpha value is -1.66. The average Bonchev–Trinajstić information content (AvgIpc) is 2.67. The van der Waals surface area contributed by atoms with Crippen molar-refractivity contribution < 1.29 is 13.2 Å². The number of anilines is 1. The first kappa shape index (κ1) is 22.6. The van der Waals surface area contributed by atoms with Crippen LogP contribution in [0.3, 0.4) is 0 Å². The molecule has 0 radical (unpaired) electrons. The maximum absolute atomic E-state index is 12.5. The monoisotopic (exact) mass is 426 g/mol. The second-order valence-corrected chi connectivity index (χ2v) is 9.43. The lowest BCUT2D eigenvalue weighted by Gasteiger charge is -2.36. The van der Waals surface area contributed by atoms with Crippen LogP contribution in [0, 0.1) is 11.3 Å². The van der Waals surface area contributed by atoms with Crippen LogP contribution >= 0.6 is 11.6 Å². The molecule has 0 bridgehead atoms. The second kappa shape index (κ2) is 10.2. The minimum atomic E-state index is -3.22. The van der Waals surface area contributed by atoms with Crippen LogP contribution in [0.4, 0.5) is 5.69 Å². The van der Waals surface area contributed by atoms with E-state index in [1.54, 1.807) is 25.1 Å². The molecule has 154 valence electrons. The highest BCUT2D eigenvalue weighted by atomic mass is 35.5. The van der Waals surface area contributed by atoms with Crippen LogP contribution < -0.4 is 5.32 Å². The molecular formula is C19H27ClN4O3S. The van der Waals surface area contributed by atoms with Crippen LogP contribution in [0.5, 0.6) is 0 Å². The SMILES string of the molecule is CCCCCS(=O)(=O)N1CCN(C(C)C(=O)Nc2ccc(C#N)c(Cl)c2)CC1. The first-order valence-electron chi connectivity index (χ1n) is 9.51. The van der Waals surface area contributed by atoms with E-state index in [0.29, 0.717) is 43.9 Å². The molecule has 9 heteroatoms. The molecule has 1 atom stereocenters. The fourth-order valence-corrected chi connectivity index (χ4v) is 4.90. The van der Waals surface area contributed by atoms with Crippen LogP contribution in [0.25, 0.3) is 0 Å². The summed E-state index contributed by atoms with van der Waals surface area (Å²) in [6.45, 7) is 5.66. The number of unbranched alkanes of at least 4 members (excludes halogenated alkanes) is 2. The van der Waals surface area contributed by atoms with Gasteiger partial charge in [0, 0.05) is 31.9 Å². The lowest BCUT2D eigenvalue weighted by Crippen LogP contribution is -2.54. The van der Waals surface area contributed by atoms with Crippen LogP contribution in [-0.4, -0.2) is 61.5 Å². The lowest BCUT2D eigenvalue weighted by atomic mass is 10.2. The van der Waals surface area contributed by atoms with Crippen molar-refractivity contribution in [1.29, 1.82) is 5.26 Å². The molecule has 1 aromatic carbocycles. The molecule has 2 rings (SSSR count). The number of hydrogen-bond donors (Lipinski definition) is 1. The zero-order valence-electron chi connectivity index (χ0n) is 16.3. The molecule has 0 aliphatic carbocycles. The number of nitrogens with zero attached hydrogens (tertiary/aromatic N) is 3. The predicted octanol–water partition coefficient (Wildman–Crippen LogP) is 2.68. The van der Waals surface area contributed by atoms with Crippen LogP contribution in [0.2, 0.25) is 5.02 Å². The Morgan fingerprint density at radius 1 is 1.29 bits per heavy atom. The molecule has 1 N–H and O–H groups in total. The Labute approximate surface area is 172 Å². The van der Waals surface area contributed by atoms with E-state index < -0.39 is 16.1 Å². The van der Waals surface area contributed by atoms with E-state index in [-0.39, 0.29) is 16.7 Å². The smallest absolute Gasteiger partial charge is 0.241 e. The Morgan fingerprint density at radius 3 is 2.54 bits per heavy atom. The van der Waals surface area contributed by atoms with Crippen molar-refractivity contribution in [3.63, 3.8) is 0 Å². The number of benzene rings is 1. The minimum absolute atomic E-state index is 0.191. The molecule has 1 amide bonds. The number of sulfonamides is 1. The summed E-state index contributed by atoms with van der Waals surface area (Å²) in [6.07, 6.45) is 2.58. The van der Waals surface area contributed by atoms with Crippen molar-refractivity contribution in [2.45, 2.75) is 39.2 Å². The lowest BCUT2D eigenvalue weighted by molar-refractivity contribution is -0.121. The summed E-state index contributed by atoms with van der Waals surface area (Å²) in [4.78, 5) is 14.5. The Morgan fingerprint density at radius 2 is 1.96 bits per heavy atom. The number of carbonyl (C=O) groups excluding carboxylic acids is 1. The van der Waals surface area contributed by atoms with E-state index in [1.165, 1.54) is 4.31 Å². The van der Waals surface area contributed by atoms with E-state index in [9.17, 15) is 13.2 Å². The summed E-state index contributed by atoms with van der Waals surface area (Å²) < 4.78 is 26.3. The van der Waals surface area contributed by atoms with Crippen molar-refractivity contribution in [2.24, 2.45) is 0 Å². The van der Waals surface area contributed by atoms with Crippen molar-refractivity contribution in [1.82, 2.24) is 9.21 Å². The molecule has 1 fully saturated rings. The second-order valence-electron chi connectivity index (χ2n) is 6.93. The average molecular weight is 427 g/mol.